The molecule has 0 aliphatic heterocycles. The summed E-state index contributed by atoms with van der Waals surface area (Å²) in [5, 5.41) is -0.448. The maximum absolute atomic E-state index is 11.0. The van der Waals surface area contributed by atoms with Crippen LogP contribution >= 0.6 is 11.6 Å². The minimum Gasteiger partial charge on any atom is -0.481 e. The number of carbonyl (C=O) groups is 1. The number of aryl methyl sites for hydroxylation is 2. The summed E-state index contributed by atoms with van der Waals surface area (Å²) in [5.74, 6) is 0.693. The van der Waals surface area contributed by atoms with Crippen molar-refractivity contribution >= 4 is 16.8 Å². The van der Waals surface area contributed by atoms with Crippen LogP contribution in [0, 0.1) is 13.8 Å². The molecule has 1 aromatic rings. The summed E-state index contributed by atoms with van der Waals surface area (Å²) in [6.07, 6.45) is 0.0312. The van der Waals surface area contributed by atoms with Gasteiger partial charge in [-0.2, -0.15) is 0 Å². The van der Waals surface area contributed by atoms with Gasteiger partial charge in [0, 0.05) is 0 Å². The van der Waals surface area contributed by atoms with Gasteiger partial charge in [-0.05, 0) is 55.1 Å². The van der Waals surface area contributed by atoms with E-state index in [1.807, 2.05) is 39.0 Å². The minimum atomic E-state index is -0.547. The summed E-state index contributed by atoms with van der Waals surface area (Å²) >= 11 is 5.40. The van der Waals surface area contributed by atoms with Gasteiger partial charge >= 0.3 is 0 Å². The Morgan fingerprint density at radius 2 is 2.07 bits per heavy atom. The average Bonchev–Trinajstić information content (AvgIpc) is 2.19. The van der Waals surface area contributed by atoms with E-state index in [4.69, 9.17) is 16.3 Å². The molecule has 0 bridgehead atoms. The zero-order chi connectivity index (χ0) is 11.4. The fourth-order valence-electron chi connectivity index (χ4n) is 1.24. The van der Waals surface area contributed by atoms with Gasteiger partial charge in [0.15, 0.2) is 6.10 Å². The summed E-state index contributed by atoms with van der Waals surface area (Å²) in [6.45, 7) is 5.90. The summed E-state index contributed by atoms with van der Waals surface area (Å²) < 4.78 is 5.48. The molecular formula is C12H15ClO2. The molecule has 3 heteroatoms. The van der Waals surface area contributed by atoms with Crippen LogP contribution in [0.3, 0.4) is 0 Å². The molecule has 0 fully saturated rings. The number of rotatable bonds is 4. The molecule has 0 heterocycles. The molecule has 0 saturated carbocycles. The van der Waals surface area contributed by atoms with Crippen molar-refractivity contribution in [1.29, 1.82) is 0 Å². The van der Waals surface area contributed by atoms with Crippen LogP contribution in [-0.2, 0) is 4.79 Å². The molecule has 0 aliphatic carbocycles. The van der Waals surface area contributed by atoms with E-state index in [1.54, 1.807) is 0 Å². The lowest BCUT2D eigenvalue weighted by Gasteiger charge is -2.14. The molecule has 0 aromatic heterocycles. The zero-order valence-corrected chi connectivity index (χ0v) is 9.97. The molecule has 0 N–H and O–H groups in total. The van der Waals surface area contributed by atoms with Crippen molar-refractivity contribution < 1.29 is 9.53 Å². The highest BCUT2D eigenvalue weighted by Crippen LogP contribution is 2.19. The third-order valence-corrected chi connectivity index (χ3v) is 2.62. The highest BCUT2D eigenvalue weighted by molar-refractivity contribution is 6.64. The van der Waals surface area contributed by atoms with E-state index in [1.165, 1.54) is 5.56 Å². The summed E-state index contributed by atoms with van der Waals surface area (Å²) in [7, 11) is 0. The zero-order valence-electron chi connectivity index (χ0n) is 9.21. The van der Waals surface area contributed by atoms with Gasteiger partial charge in [0.2, 0.25) is 0 Å². The Bertz CT molecular complexity index is 361. The van der Waals surface area contributed by atoms with Gasteiger partial charge in [-0.3, -0.25) is 4.79 Å². The normalized spacial score (nSPS) is 12.3. The second-order valence-electron chi connectivity index (χ2n) is 3.56. The quantitative estimate of drug-likeness (QED) is 0.737. The predicted molar refractivity (Wildman–Crippen MR) is 61.5 cm³/mol. The van der Waals surface area contributed by atoms with Gasteiger partial charge in [-0.1, -0.05) is 13.0 Å². The molecule has 0 radical (unpaired) electrons. The van der Waals surface area contributed by atoms with Crippen molar-refractivity contribution in [3.63, 3.8) is 0 Å². The Labute approximate surface area is 95.2 Å². The molecule has 0 aliphatic rings. The molecule has 1 rings (SSSR count). The van der Waals surface area contributed by atoms with Gasteiger partial charge in [0.05, 0.1) is 0 Å². The standard InChI is InChI=1S/C12H15ClO2/c1-4-11(12(13)14)15-10-6-5-8(2)9(3)7-10/h5-7,11H,4H2,1-3H3/t11-/m1/s1. The third kappa shape index (κ3) is 3.24. The average molecular weight is 227 g/mol. The van der Waals surface area contributed by atoms with Crippen LogP contribution in [0.25, 0.3) is 0 Å². The van der Waals surface area contributed by atoms with E-state index in [-0.39, 0.29) is 0 Å². The lowest BCUT2D eigenvalue weighted by molar-refractivity contribution is -0.117. The van der Waals surface area contributed by atoms with E-state index in [2.05, 4.69) is 0 Å². The third-order valence-electron chi connectivity index (χ3n) is 2.38. The summed E-state index contributed by atoms with van der Waals surface area (Å²) in [6, 6.07) is 5.73. The highest BCUT2D eigenvalue weighted by Gasteiger charge is 2.15. The van der Waals surface area contributed by atoms with Gasteiger partial charge < -0.3 is 4.74 Å². The first-order valence-corrected chi connectivity index (χ1v) is 5.35. The van der Waals surface area contributed by atoms with E-state index in [0.29, 0.717) is 12.2 Å². The molecule has 2 nitrogen and oxygen atoms in total. The maximum Gasteiger partial charge on any atom is 0.262 e. The van der Waals surface area contributed by atoms with Crippen LogP contribution in [-0.4, -0.2) is 11.3 Å². The van der Waals surface area contributed by atoms with E-state index in [0.717, 1.165) is 5.56 Å². The molecule has 1 aromatic carbocycles. The Hall–Kier alpha value is -1.02. The van der Waals surface area contributed by atoms with Crippen molar-refractivity contribution in [1.82, 2.24) is 0 Å². The fourth-order valence-corrected chi connectivity index (χ4v) is 1.44. The Kier molecular flexibility index (Phi) is 4.15. The summed E-state index contributed by atoms with van der Waals surface area (Å²) in [4.78, 5) is 11.0. The molecule has 0 spiro atoms. The van der Waals surface area contributed by atoms with Crippen LogP contribution in [0.4, 0.5) is 0 Å². The second kappa shape index (κ2) is 5.17. The molecular weight excluding hydrogens is 212 g/mol. The summed E-state index contributed by atoms with van der Waals surface area (Å²) in [5.41, 5.74) is 2.34. The number of ether oxygens (including phenoxy) is 1. The van der Waals surface area contributed by atoms with Crippen molar-refractivity contribution in [3.05, 3.63) is 29.3 Å². The number of carbonyl (C=O) groups excluding carboxylic acids is 1. The van der Waals surface area contributed by atoms with Gasteiger partial charge in [-0.25, -0.2) is 0 Å². The number of halogens is 1. The number of benzene rings is 1. The number of hydrogen-bond acceptors (Lipinski definition) is 2. The van der Waals surface area contributed by atoms with Crippen molar-refractivity contribution in [2.45, 2.75) is 33.3 Å². The van der Waals surface area contributed by atoms with Crippen LogP contribution in [0.15, 0.2) is 18.2 Å². The first-order chi connectivity index (χ1) is 7.04. The van der Waals surface area contributed by atoms with Crippen molar-refractivity contribution in [2.75, 3.05) is 0 Å². The number of hydrogen-bond donors (Lipinski definition) is 0. The van der Waals surface area contributed by atoms with Gasteiger partial charge in [0.25, 0.3) is 5.24 Å². The molecule has 82 valence electrons. The van der Waals surface area contributed by atoms with E-state index in [9.17, 15) is 4.79 Å². The lowest BCUT2D eigenvalue weighted by Crippen LogP contribution is -2.22. The first kappa shape index (κ1) is 12.1. The lowest BCUT2D eigenvalue weighted by atomic mass is 10.1. The molecule has 0 amide bonds. The first-order valence-electron chi connectivity index (χ1n) is 4.97. The molecule has 0 unspecified atom stereocenters. The van der Waals surface area contributed by atoms with E-state index >= 15 is 0 Å². The Morgan fingerprint density at radius 1 is 1.40 bits per heavy atom. The fraction of sp³-hybridized carbons (Fsp3) is 0.417. The van der Waals surface area contributed by atoms with Crippen LogP contribution in [0.2, 0.25) is 0 Å². The van der Waals surface area contributed by atoms with Crippen LogP contribution in [0.1, 0.15) is 24.5 Å². The van der Waals surface area contributed by atoms with Crippen molar-refractivity contribution in [3.8, 4) is 5.75 Å². The predicted octanol–water partition coefficient (Wildman–Crippen LogP) is 3.23. The van der Waals surface area contributed by atoms with E-state index < -0.39 is 11.3 Å². The monoisotopic (exact) mass is 226 g/mol. The largest absolute Gasteiger partial charge is 0.481 e. The molecule has 15 heavy (non-hydrogen) atoms. The minimum absolute atomic E-state index is 0.448. The van der Waals surface area contributed by atoms with Crippen LogP contribution < -0.4 is 4.74 Å². The molecule has 1 atom stereocenters. The Balaban J connectivity index is 2.80. The maximum atomic E-state index is 11.0. The molecule has 0 saturated heterocycles. The van der Waals surface area contributed by atoms with Gasteiger partial charge in [-0.15, -0.1) is 0 Å². The highest BCUT2D eigenvalue weighted by atomic mass is 35.5. The van der Waals surface area contributed by atoms with Crippen LogP contribution in [0.5, 0.6) is 5.75 Å². The van der Waals surface area contributed by atoms with Gasteiger partial charge in [0.1, 0.15) is 5.75 Å². The second-order valence-corrected chi connectivity index (χ2v) is 3.94. The van der Waals surface area contributed by atoms with Crippen molar-refractivity contribution in [2.24, 2.45) is 0 Å². The smallest absolute Gasteiger partial charge is 0.262 e. The Morgan fingerprint density at radius 3 is 2.53 bits per heavy atom. The SMILES string of the molecule is CC[C@@H](Oc1ccc(C)c(C)c1)C(=O)Cl. The topological polar surface area (TPSA) is 26.3 Å².